The number of hydrogen-bond donors (Lipinski definition) is 2. The van der Waals surface area contributed by atoms with Crippen molar-refractivity contribution >= 4 is 28.9 Å². The second-order valence-electron chi connectivity index (χ2n) is 5.24. The molecule has 0 aliphatic rings. The fourth-order valence-corrected chi connectivity index (χ4v) is 2.59. The lowest BCUT2D eigenvalue weighted by atomic mass is 10.2. The first-order valence-electron chi connectivity index (χ1n) is 7.20. The molecule has 0 unspecified atom stereocenters. The monoisotopic (exact) mass is 312 g/mol. The summed E-state index contributed by atoms with van der Waals surface area (Å²) in [5.74, 6) is -0.545. The van der Waals surface area contributed by atoms with Crippen molar-refractivity contribution in [1.82, 2.24) is 5.32 Å². The van der Waals surface area contributed by atoms with E-state index in [1.165, 1.54) is 11.3 Å². The number of hydrogen-bond acceptors (Lipinski definition) is 5. The molecule has 5 nitrogen and oxygen atoms in total. The van der Waals surface area contributed by atoms with Crippen molar-refractivity contribution in [2.45, 2.75) is 53.2 Å². The molecule has 118 valence electrons. The highest BCUT2D eigenvalue weighted by molar-refractivity contribution is 7.12. The molecular formula is C15H24N2O3S. The molecule has 0 saturated heterocycles. The Balaban J connectivity index is 2.81. The van der Waals surface area contributed by atoms with Gasteiger partial charge >= 0.3 is 5.97 Å². The largest absolute Gasteiger partial charge is 0.459 e. The van der Waals surface area contributed by atoms with Gasteiger partial charge in [0.15, 0.2) is 0 Å². The number of amides is 1. The van der Waals surface area contributed by atoms with Crippen molar-refractivity contribution in [2.75, 3.05) is 11.9 Å². The molecule has 6 heteroatoms. The van der Waals surface area contributed by atoms with Crippen LogP contribution in [0.4, 0.5) is 5.69 Å². The number of carbonyl (C=O) groups is 2. The number of anilines is 1. The Bertz CT molecular complexity index is 497. The molecule has 1 heterocycles. The molecule has 0 aromatic carbocycles. The standard InChI is InChI=1S/C15H24N2O3S/c1-6-7-16-11(5)14(18)17-12-10(4)8-21-13(12)15(19)20-9(2)3/h8-9,11,16H,6-7H2,1-5H3,(H,17,18)/t11-/m1/s1. The minimum atomic E-state index is -0.396. The third-order valence-electron chi connectivity index (χ3n) is 2.85. The van der Waals surface area contributed by atoms with Gasteiger partial charge in [-0.3, -0.25) is 4.79 Å². The van der Waals surface area contributed by atoms with E-state index in [1.807, 2.05) is 19.2 Å². The minimum absolute atomic E-state index is 0.149. The Morgan fingerprint density at radius 2 is 2.00 bits per heavy atom. The van der Waals surface area contributed by atoms with E-state index >= 15 is 0 Å². The number of ether oxygens (including phenoxy) is 1. The fourth-order valence-electron chi connectivity index (χ4n) is 1.70. The summed E-state index contributed by atoms with van der Waals surface area (Å²) in [6, 6.07) is -0.307. The van der Waals surface area contributed by atoms with Gasteiger partial charge in [-0.05, 0) is 51.6 Å². The van der Waals surface area contributed by atoms with Crippen LogP contribution in [0.15, 0.2) is 5.38 Å². The molecule has 0 spiro atoms. The SMILES string of the molecule is CCCN[C@H](C)C(=O)Nc1c(C)csc1C(=O)OC(C)C. The summed E-state index contributed by atoms with van der Waals surface area (Å²) in [6.07, 6.45) is 0.773. The third kappa shape index (κ3) is 5.13. The Morgan fingerprint density at radius 3 is 2.57 bits per heavy atom. The zero-order valence-electron chi connectivity index (χ0n) is 13.3. The summed E-state index contributed by atoms with van der Waals surface area (Å²) in [5, 5.41) is 7.79. The Hall–Kier alpha value is -1.40. The highest BCUT2D eigenvalue weighted by Crippen LogP contribution is 2.28. The minimum Gasteiger partial charge on any atom is -0.459 e. The van der Waals surface area contributed by atoms with E-state index in [4.69, 9.17) is 4.74 Å². The van der Waals surface area contributed by atoms with Crippen LogP contribution in [0.2, 0.25) is 0 Å². The summed E-state index contributed by atoms with van der Waals surface area (Å²) in [4.78, 5) is 24.6. The molecule has 0 bridgehead atoms. The lowest BCUT2D eigenvalue weighted by Gasteiger charge is -2.15. The highest BCUT2D eigenvalue weighted by Gasteiger charge is 2.22. The molecule has 21 heavy (non-hydrogen) atoms. The molecule has 2 N–H and O–H groups in total. The van der Waals surface area contributed by atoms with Crippen molar-refractivity contribution in [3.05, 3.63) is 15.8 Å². The van der Waals surface area contributed by atoms with Crippen molar-refractivity contribution in [3.63, 3.8) is 0 Å². The first kappa shape index (κ1) is 17.7. The molecule has 1 aromatic rings. The Kier molecular flexibility index (Phi) is 6.84. The van der Waals surface area contributed by atoms with E-state index in [-0.39, 0.29) is 18.1 Å². The molecule has 1 aromatic heterocycles. The zero-order chi connectivity index (χ0) is 16.0. The van der Waals surface area contributed by atoms with Crippen molar-refractivity contribution in [2.24, 2.45) is 0 Å². The van der Waals surface area contributed by atoms with Crippen LogP contribution in [0.5, 0.6) is 0 Å². The molecule has 0 radical (unpaired) electrons. The van der Waals surface area contributed by atoms with Gasteiger partial charge in [-0.1, -0.05) is 6.92 Å². The van der Waals surface area contributed by atoms with E-state index < -0.39 is 5.97 Å². The van der Waals surface area contributed by atoms with Gasteiger partial charge in [0, 0.05) is 0 Å². The van der Waals surface area contributed by atoms with Crippen LogP contribution >= 0.6 is 11.3 Å². The van der Waals surface area contributed by atoms with Gasteiger partial charge in [0.2, 0.25) is 5.91 Å². The summed E-state index contributed by atoms with van der Waals surface area (Å²) < 4.78 is 5.20. The number of esters is 1. The van der Waals surface area contributed by atoms with Crippen LogP contribution in [0.25, 0.3) is 0 Å². The fraction of sp³-hybridized carbons (Fsp3) is 0.600. The van der Waals surface area contributed by atoms with Gasteiger partial charge < -0.3 is 15.4 Å². The lowest BCUT2D eigenvalue weighted by molar-refractivity contribution is -0.117. The average molecular weight is 312 g/mol. The molecule has 0 aliphatic heterocycles. The molecule has 1 atom stereocenters. The number of carbonyl (C=O) groups excluding carboxylic acids is 2. The van der Waals surface area contributed by atoms with Gasteiger partial charge in [0.25, 0.3) is 0 Å². The zero-order valence-corrected chi connectivity index (χ0v) is 14.1. The molecule has 0 aliphatic carbocycles. The van der Waals surface area contributed by atoms with Crippen molar-refractivity contribution in [1.29, 1.82) is 0 Å². The molecule has 0 fully saturated rings. The van der Waals surface area contributed by atoms with E-state index in [2.05, 4.69) is 10.6 Å². The van der Waals surface area contributed by atoms with E-state index in [0.29, 0.717) is 10.6 Å². The van der Waals surface area contributed by atoms with Gasteiger partial charge in [-0.15, -0.1) is 11.3 Å². The molecule has 1 amide bonds. The first-order chi connectivity index (χ1) is 9.86. The van der Waals surface area contributed by atoms with E-state index in [9.17, 15) is 9.59 Å². The Labute approximate surface area is 130 Å². The number of thiophene rings is 1. The van der Waals surface area contributed by atoms with Gasteiger partial charge in [-0.2, -0.15) is 0 Å². The van der Waals surface area contributed by atoms with Crippen molar-refractivity contribution in [3.8, 4) is 0 Å². The summed E-state index contributed by atoms with van der Waals surface area (Å²) in [7, 11) is 0. The summed E-state index contributed by atoms with van der Waals surface area (Å²) >= 11 is 1.29. The van der Waals surface area contributed by atoms with Gasteiger partial charge in [0.05, 0.1) is 17.8 Å². The number of aryl methyl sites for hydroxylation is 1. The lowest BCUT2D eigenvalue weighted by Crippen LogP contribution is -2.38. The van der Waals surface area contributed by atoms with E-state index in [1.54, 1.807) is 20.8 Å². The van der Waals surface area contributed by atoms with Crippen LogP contribution in [0.1, 0.15) is 49.4 Å². The van der Waals surface area contributed by atoms with Crippen molar-refractivity contribution < 1.29 is 14.3 Å². The topological polar surface area (TPSA) is 67.4 Å². The van der Waals surface area contributed by atoms with Crippen LogP contribution < -0.4 is 10.6 Å². The van der Waals surface area contributed by atoms with Crippen LogP contribution in [-0.4, -0.2) is 30.6 Å². The van der Waals surface area contributed by atoms with Crippen LogP contribution in [0, 0.1) is 6.92 Å². The number of nitrogens with one attached hydrogen (secondary N) is 2. The molecular weight excluding hydrogens is 288 g/mol. The van der Waals surface area contributed by atoms with Crippen LogP contribution in [0.3, 0.4) is 0 Å². The maximum atomic E-state index is 12.1. The summed E-state index contributed by atoms with van der Waals surface area (Å²) in [6.45, 7) is 10.1. The quantitative estimate of drug-likeness (QED) is 0.760. The average Bonchev–Trinajstić information content (AvgIpc) is 2.76. The van der Waals surface area contributed by atoms with Crippen LogP contribution in [-0.2, 0) is 9.53 Å². The van der Waals surface area contributed by atoms with Gasteiger partial charge in [0.1, 0.15) is 4.88 Å². The molecule has 1 rings (SSSR count). The molecule has 0 saturated carbocycles. The predicted octanol–water partition coefficient (Wildman–Crippen LogP) is 2.95. The second kappa shape index (κ2) is 8.14. The maximum Gasteiger partial charge on any atom is 0.350 e. The Morgan fingerprint density at radius 1 is 1.33 bits per heavy atom. The normalized spacial score (nSPS) is 12.3. The van der Waals surface area contributed by atoms with E-state index in [0.717, 1.165) is 18.5 Å². The summed E-state index contributed by atoms with van der Waals surface area (Å²) in [5.41, 5.74) is 1.42. The second-order valence-corrected chi connectivity index (χ2v) is 6.12. The maximum absolute atomic E-state index is 12.1. The predicted molar refractivity (Wildman–Crippen MR) is 86.0 cm³/mol. The third-order valence-corrected chi connectivity index (χ3v) is 3.92. The smallest absolute Gasteiger partial charge is 0.350 e. The van der Waals surface area contributed by atoms with Gasteiger partial charge in [-0.25, -0.2) is 4.79 Å². The first-order valence-corrected chi connectivity index (χ1v) is 8.08. The number of rotatable bonds is 7. The highest BCUT2D eigenvalue weighted by atomic mass is 32.1.